The minimum absolute atomic E-state index is 0.103. The minimum Gasteiger partial charge on any atom is -0.382 e. The van der Waals surface area contributed by atoms with Gasteiger partial charge in [-0.2, -0.15) is 0 Å². The lowest BCUT2D eigenvalue weighted by Crippen LogP contribution is -2.47. The van der Waals surface area contributed by atoms with Crippen molar-refractivity contribution < 1.29 is 4.74 Å². The Morgan fingerprint density at radius 3 is 2.76 bits per heavy atom. The van der Waals surface area contributed by atoms with Crippen LogP contribution in [0, 0.1) is 0 Å². The molecule has 5 aliphatic rings. The number of imidazole rings is 1. The van der Waals surface area contributed by atoms with Crippen molar-refractivity contribution in [3.8, 4) is 0 Å². The molecule has 3 aliphatic carbocycles. The molecule has 0 amide bonds. The van der Waals surface area contributed by atoms with E-state index in [1.165, 1.54) is 16.7 Å². The number of ether oxygens (including phenoxy) is 1. The van der Waals surface area contributed by atoms with E-state index in [9.17, 15) is 0 Å². The summed E-state index contributed by atoms with van der Waals surface area (Å²) in [5.74, 6) is 2.06. The summed E-state index contributed by atoms with van der Waals surface area (Å²) < 4.78 is 7.70. The number of rotatable bonds is 5. The molecule has 7 heteroatoms. The number of aliphatic imine (C=N–C) groups is 1. The predicted molar refractivity (Wildman–Crippen MR) is 148 cm³/mol. The van der Waals surface area contributed by atoms with Gasteiger partial charge in [0.05, 0.1) is 17.4 Å². The van der Waals surface area contributed by atoms with Gasteiger partial charge >= 0.3 is 0 Å². The molecular weight excluding hydrogens is 460 g/mol. The molecule has 0 bridgehead atoms. The molecule has 37 heavy (non-hydrogen) atoms. The fourth-order valence-corrected chi connectivity index (χ4v) is 6.29. The van der Waals surface area contributed by atoms with Gasteiger partial charge in [0.15, 0.2) is 0 Å². The highest BCUT2D eigenvalue weighted by Crippen LogP contribution is 2.41. The Labute approximate surface area is 217 Å². The maximum atomic E-state index is 6.45. The van der Waals surface area contributed by atoms with Crippen LogP contribution in [-0.2, 0) is 4.74 Å². The molecule has 1 atom stereocenters. The average Bonchev–Trinajstić information content (AvgIpc) is 3.31. The number of anilines is 1. The lowest BCUT2D eigenvalue weighted by atomic mass is 9.79. The van der Waals surface area contributed by atoms with Gasteiger partial charge in [0.25, 0.3) is 0 Å². The zero-order valence-electron chi connectivity index (χ0n) is 21.1. The standard InChI is InChI=1S/C30H34N6O/c31-29-28-27(21-7-6-20-8-9-25(34-26(20)18-21)19-4-2-1-3-5-19)35-30(36(28)13-12-32-29)22-16-24(17-22)33-23-10-14-37-15-11-23/h2,4-9,12-13,22-24,26,33H,1,3,10-11,14-18H2,(H2,31,32). The summed E-state index contributed by atoms with van der Waals surface area (Å²) in [4.78, 5) is 14.8. The zero-order chi connectivity index (χ0) is 24.8. The van der Waals surface area contributed by atoms with Gasteiger partial charge < -0.3 is 15.8 Å². The van der Waals surface area contributed by atoms with Gasteiger partial charge in [0.2, 0.25) is 0 Å². The number of nitrogens with zero attached hydrogens (tertiary/aromatic N) is 4. The number of nitrogen functional groups attached to an aromatic ring is 1. The first kappa shape index (κ1) is 22.9. The fraction of sp³-hybridized carbons (Fsp3) is 0.433. The van der Waals surface area contributed by atoms with Crippen molar-refractivity contribution in [2.75, 3.05) is 18.9 Å². The molecule has 0 spiro atoms. The highest BCUT2D eigenvalue weighted by molar-refractivity contribution is 6.11. The third kappa shape index (κ3) is 4.30. The molecule has 0 aromatic carbocycles. The van der Waals surface area contributed by atoms with Crippen LogP contribution in [-0.4, -0.2) is 51.4 Å². The topological polar surface area (TPSA) is 89.8 Å². The van der Waals surface area contributed by atoms with Gasteiger partial charge in [0.1, 0.15) is 17.2 Å². The van der Waals surface area contributed by atoms with E-state index in [2.05, 4.69) is 57.2 Å². The van der Waals surface area contributed by atoms with Crippen LogP contribution >= 0.6 is 0 Å². The van der Waals surface area contributed by atoms with E-state index in [0.717, 1.165) is 80.9 Å². The van der Waals surface area contributed by atoms with Crippen LogP contribution in [0.1, 0.15) is 62.4 Å². The molecule has 7 rings (SSSR count). The van der Waals surface area contributed by atoms with E-state index < -0.39 is 0 Å². The van der Waals surface area contributed by atoms with Crippen LogP contribution in [0.3, 0.4) is 0 Å². The first-order valence-electron chi connectivity index (χ1n) is 13.7. The lowest BCUT2D eigenvalue weighted by molar-refractivity contribution is 0.0695. The normalized spacial score (nSPS) is 27.7. The van der Waals surface area contributed by atoms with Crippen LogP contribution < -0.4 is 11.1 Å². The lowest BCUT2D eigenvalue weighted by Gasteiger charge is -2.38. The molecule has 0 radical (unpaired) electrons. The molecule has 2 fully saturated rings. The average molecular weight is 495 g/mol. The summed E-state index contributed by atoms with van der Waals surface area (Å²) in [7, 11) is 0. The second-order valence-electron chi connectivity index (χ2n) is 10.8. The largest absolute Gasteiger partial charge is 0.382 e. The minimum atomic E-state index is 0.103. The highest BCUT2D eigenvalue weighted by Gasteiger charge is 2.36. The van der Waals surface area contributed by atoms with E-state index in [1.807, 2.05) is 6.20 Å². The van der Waals surface area contributed by atoms with Crippen molar-refractivity contribution in [2.45, 2.75) is 69.0 Å². The molecule has 2 aromatic heterocycles. The fourth-order valence-electron chi connectivity index (χ4n) is 6.29. The molecule has 3 N–H and O–H groups in total. The number of hydrogen-bond acceptors (Lipinski definition) is 6. The van der Waals surface area contributed by atoms with Crippen LogP contribution in [0.4, 0.5) is 5.82 Å². The zero-order valence-corrected chi connectivity index (χ0v) is 21.1. The first-order chi connectivity index (χ1) is 18.2. The van der Waals surface area contributed by atoms with E-state index in [1.54, 1.807) is 6.20 Å². The first-order valence-corrected chi connectivity index (χ1v) is 13.7. The Balaban J connectivity index is 1.15. The smallest absolute Gasteiger partial charge is 0.150 e. The Bertz CT molecular complexity index is 1390. The number of fused-ring (bicyclic) bond motifs is 2. The van der Waals surface area contributed by atoms with Crippen molar-refractivity contribution in [1.29, 1.82) is 0 Å². The Kier molecular flexibility index (Phi) is 5.90. The summed E-state index contributed by atoms with van der Waals surface area (Å²) in [6.07, 6.45) is 26.7. The molecule has 2 aliphatic heterocycles. The SMILES string of the molecule is Nc1nccn2c(C3CC(NC4CCOCC4)C3)nc(C3=CC=C4C=CC(C5=CCCC=C5)=NC4C3)c12. The number of hydrogen-bond donors (Lipinski definition) is 2. The van der Waals surface area contributed by atoms with Crippen LogP contribution in [0.2, 0.25) is 0 Å². The molecular formula is C30H34N6O. The van der Waals surface area contributed by atoms with E-state index in [0.29, 0.717) is 23.8 Å². The maximum Gasteiger partial charge on any atom is 0.150 e. The number of nitrogens with two attached hydrogens (primary N) is 1. The van der Waals surface area contributed by atoms with E-state index >= 15 is 0 Å². The summed E-state index contributed by atoms with van der Waals surface area (Å²) >= 11 is 0. The van der Waals surface area contributed by atoms with Crippen LogP contribution in [0.15, 0.2) is 71.1 Å². The molecule has 1 saturated carbocycles. The van der Waals surface area contributed by atoms with Gasteiger partial charge in [0, 0.05) is 50.0 Å². The molecule has 4 heterocycles. The maximum absolute atomic E-state index is 6.45. The van der Waals surface area contributed by atoms with Crippen molar-refractivity contribution in [3.63, 3.8) is 0 Å². The molecule has 1 unspecified atom stereocenters. The van der Waals surface area contributed by atoms with Crippen LogP contribution in [0.5, 0.6) is 0 Å². The van der Waals surface area contributed by atoms with E-state index in [-0.39, 0.29) is 6.04 Å². The van der Waals surface area contributed by atoms with Gasteiger partial charge in [-0.15, -0.1) is 0 Å². The Morgan fingerprint density at radius 2 is 1.92 bits per heavy atom. The van der Waals surface area contributed by atoms with Crippen LogP contribution in [0.25, 0.3) is 11.1 Å². The van der Waals surface area contributed by atoms with Gasteiger partial charge in [-0.05, 0) is 61.3 Å². The molecule has 7 nitrogen and oxygen atoms in total. The van der Waals surface area contributed by atoms with Crippen molar-refractivity contribution >= 4 is 22.6 Å². The van der Waals surface area contributed by atoms with Gasteiger partial charge in [-0.3, -0.25) is 9.39 Å². The number of dihydropyridines is 1. The van der Waals surface area contributed by atoms with Crippen molar-refractivity contribution in [1.82, 2.24) is 19.7 Å². The number of allylic oxidation sites excluding steroid dienone is 7. The van der Waals surface area contributed by atoms with Crippen molar-refractivity contribution in [3.05, 3.63) is 77.6 Å². The third-order valence-electron chi connectivity index (χ3n) is 8.40. The third-order valence-corrected chi connectivity index (χ3v) is 8.40. The Hall–Kier alpha value is -3.29. The highest BCUT2D eigenvalue weighted by atomic mass is 16.5. The monoisotopic (exact) mass is 494 g/mol. The summed E-state index contributed by atoms with van der Waals surface area (Å²) in [6, 6.07) is 1.23. The number of nitrogens with one attached hydrogen (secondary N) is 1. The molecule has 190 valence electrons. The second kappa shape index (κ2) is 9.54. The summed E-state index contributed by atoms with van der Waals surface area (Å²) in [6.45, 7) is 1.74. The molecule has 1 saturated heterocycles. The van der Waals surface area contributed by atoms with Gasteiger partial charge in [-0.25, -0.2) is 9.97 Å². The molecule has 2 aromatic rings. The second-order valence-corrected chi connectivity index (χ2v) is 10.8. The summed E-state index contributed by atoms with van der Waals surface area (Å²) in [5, 5.41) is 3.84. The van der Waals surface area contributed by atoms with E-state index in [4.69, 9.17) is 20.4 Å². The van der Waals surface area contributed by atoms with Gasteiger partial charge in [-0.1, -0.05) is 36.5 Å². The van der Waals surface area contributed by atoms with Crippen molar-refractivity contribution in [2.24, 2.45) is 4.99 Å². The Morgan fingerprint density at radius 1 is 1.03 bits per heavy atom. The number of aromatic nitrogens is 3. The summed E-state index contributed by atoms with van der Waals surface area (Å²) in [5.41, 5.74) is 13.1. The quantitative estimate of drug-likeness (QED) is 0.629. The predicted octanol–water partition coefficient (Wildman–Crippen LogP) is 4.70.